The summed E-state index contributed by atoms with van der Waals surface area (Å²) in [6.07, 6.45) is 3.04. The number of methoxy groups -OCH3 is 1. The van der Waals surface area contributed by atoms with Gasteiger partial charge in [0.2, 0.25) is 0 Å². The average molecular weight is 638 g/mol. The molecule has 0 saturated carbocycles. The van der Waals surface area contributed by atoms with Crippen LogP contribution in [0.2, 0.25) is 10.0 Å². The van der Waals surface area contributed by atoms with Crippen molar-refractivity contribution in [3.05, 3.63) is 124 Å². The summed E-state index contributed by atoms with van der Waals surface area (Å²) in [6.45, 7) is 4.20. The van der Waals surface area contributed by atoms with Crippen LogP contribution in [-0.2, 0) is 16.1 Å². The first-order valence-corrected chi connectivity index (χ1v) is 15.4. The van der Waals surface area contributed by atoms with Crippen molar-refractivity contribution in [1.82, 2.24) is 4.57 Å². The number of carbonyl (C=O) groups excluding carboxylic acids is 1. The molecule has 0 spiro atoms. The van der Waals surface area contributed by atoms with E-state index in [2.05, 4.69) is 0 Å². The van der Waals surface area contributed by atoms with Crippen molar-refractivity contribution in [2.45, 2.75) is 39.3 Å². The van der Waals surface area contributed by atoms with Crippen molar-refractivity contribution in [3.8, 4) is 11.5 Å². The van der Waals surface area contributed by atoms with E-state index in [1.54, 1.807) is 48.9 Å². The van der Waals surface area contributed by atoms with Crippen LogP contribution in [0.5, 0.6) is 11.5 Å². The smallest absolute Gasteiger partial charge is 0.338 e. The first kappa shape index (κ1) is 30.6. The number of fused-ring (bicyclic) bond motifs is 1. The van der Waals surface area contributed by atoms with Crippen molar-refractivity contribution >= 4 is 46.6 Å². The van der Waals surface area contributed by atoms with Gasteiger partial charge in [0.05, 0.1) is 29.5 Å². The highest BCUT2D eigenvalue weighted by Crippen LogP contribution is 2.37. The van der Waals surface area contributed by atoms with Gasteiger partial charge in [0, 0.05) is 26.7 Å². The van der Waals surface area contributed by atoms with Gasteiger partial charge < -0.3 is 14.2 Å². The summed E-state index contributed by atoms with van der Waals surface area (Å²) < 4.78 is 19.2. The normalized spacial score (nSPS) is 14.7. The number of carbonyl (C=O) groups is 1. The third-order valence-electron chi connectivity index (χ3n) is 6.93. The second kappa shape index (κ2) is 13.6. The second-order valence-corrected chi connectivity index (χ2v) is 11.6. The number of allylic oxidation sites excluding steroid dienone is 1. The van der Waals surface area contributed by atoms with Crippen LogP contribution in [-0.4, -0.2) is 24.3 Å². The van der Waals surface area contributed by atoms with Crippen LogP contribution >= 0.6 is 34.5 Å². The monoisotopic (exact) mass is 636 g/mol. The van der Waals surface area contributed by atoms with Gasteiger partial charge >= 0.3 is 5.97 Å². The van der Waals surface area contributed by atoms with Gasteiger partial charge in [-0.25, -0.2) is 9.79 Å². The molecule has 4 aromatic rings. The molecule has 1 aliphatic heterocycles. The van der Waals surface area contributed by atoms with Gasteiger partial charge in [-0.2, -0.15) is 0 Å². The number of ether oxygens (including phenoxy) is 3. The Morgan fingerprint density at radius 2 is 1.81 bits per heavy atom. The van der Waals surface area contributed by atoms with Crippen LogP contribution in [0.25, 0.3) is 6.08 Å². The highest BCUT2D eigenvalue weighted by molar-refractivity contribution is 7.07. The van der Waals surface area contributed by atoms with Crippen LogP contribution in [0.1, 0.15) is 49.4 Å². The van der Waals surface area contributed by atoms with Gasteiger partial charge in [-0.3, -0.25) is 9.36 Å². The maximum absolute atomic E-state index is 14.2. The topological polar surface area (TPSA) is 79.1 Å². The molecule has 10 heteroatoms. The maximum atomic E-state index is 14.2. The van der Waals surface area contributed by atoms with Gasteiger partial charge in [-0.1, -0.05) is 84.3 Å². The lowest BCUT2D eigenvalue weighted by Gasteiger charge is -2.26. The van der Waals surface area contributed by atoms with E-state index in [1.807, 2.05) is 49.4 Å². The Labute approximate surface area is 263 Å². The quantitative estimate of drug-likeness (QED) is 0.186. The lowest BCUT2D eigenvalue weighted by Crippen LogP contribution is -2.40. The number of rotatable bonds is 10. The zero-order chi connectivity index (χ0) is 30.5. The second-order valence-electron chi connectivity index (χ2n) is 9.72. The fourth-order valence-corrected chi connectivity index (χ4v) is 6.36. The zero-order valence-corrected chi connectivity index (χ0v) is 26.3. The van der Waals surface area contributed by atoms with Gasteiger partial charge in [0.15, 0.2) is 4.80 Å². The Balaban J connectivity index is 1.68. The highest BCUT2D eigenvalue weighted by Gasteiger charge is 2.35. The third-order valence-corrected chi connectivity index (χ3v) is 8.51. The number of esters is 1. The molecule has 3 aromatic carbocycles. The minimum atomic E-state index is -0.787. The molecule has 1 aromatic heterocycles. The highest BCUT2D eigenvalue weighted by atomic mass is 35.5. The standard InChI is InChI=1S/C33H30Cl2N2O5S/c1-4-10-25-29(32(39)41-5-2)30(23-12-7-9-14-27(23)40-3)37-31(38)28(43-33(37)36-25)18-21-17-22(34)15-16-26(21)42-19-20-11-6-8-13-24(20)35/h6-9,11-18,30H,4-5,10,19H2,1-3H3/t30-/m0/s1. The van der Waals surface area contributed by atoms with Crippen molar-refractivity contribution in [3.63, 3.8) is 0 Å². The van der Waals surface area contributed by atoms with Crippen molar-refractivity contribution < 1.29 is 19.0 Å². The zero-order valence-electron chi connectivity index (χ0n) is 23.9. The van der Waals surface area contributed by atoms with E-state index in [-0.39, 0.29) is 18.8 Å². The summed E-state index contributed by atoms with van der Waals surface area (Å²) in [6, 6.07) is 19.2. The number of para-hydroxylation sites is 1. The Hall–Kier alpha value is -3.85. The molecule has 1 atom stereocenters. The van der Waals surface area contributed by atoms with E-state index >= 15 is 0 Å². The Morgan fingerprint density at radius 1 is 1.05 bits per heavy atom. The summed E-state index contributed by atoms with van der Waals surface area (Å²) in [5.74, 6) is 0.576. The van der Waals surface area contributed by atoms with Crippen LogP contribution in [0.3, 0.4) is 0 Å². The van der Waals surface area contributed by atoms with E-state index in [0.717, 1.165) is 12.0 Å². The number of nitrogens with zero attached hydrogens (tertiary/aromatic N) is 2. The van der Waals surface area contributed by atoms with Crippen LogP contribution in [0.15, 0.2) is 87.8 Å². The molecule has 222 valence electrons. The fourth-order valence-electron chi connectivity index (χ4n) is 4.98. The molecule has 0 N–H and O–H groups in total. The Bertz CT molecular complexity index is 1880. The lowest BCUT2D eigenvalue weighted by atomic mass is 9.93. The number of hydrogen-bond donors (Lipinski definition) is 0. The molecule has 0 amide bonds. The minimum Gasteiger partial charge on any atom is -0.496 e. The van der Waals surface area contributed by atoms with Crippen molar-refractivity contribution in [2.24, 2.45) is 4.99 Å². The Kier molecular flexibility index (Phi) is 9.70. The number of aromatic nitrogens is 1. The predicted octanol–water partition coefficient (Wildman–Crippen LogP) is 6.47. The van der Waals surface area contributed by atoms with Crippen LogP contribution in [0.4, 0.5) is 0 Å². The largest absolute Gasteiger partial charge is 0.496 e. The van der Waals surface area contributed by atoms with Gasteiger partial charge in [0.1, 0.15) is 24.1 Å². The first-order chi connectivity index (χ1) is 20.9. The summed E-state index contributed by atoms with van der Waals surface area (Å²) >= 11 is 13.9. The van der Waals surface area contributed by atoms with E-state index in [1.165, 1.54) is 11.3 Å². The van der Waals surface area contributed by atoms with Crippen molar-refractivity contribution in [2.75, 3.05) is 13.7 Å². The molecule has 0 bridgehead atoms. The van der Waals surface area contributed by atoms with Gasteiger partial charge in [-0.15, -0.1) is 0 Å². The summed E-state index contributed by atoms with van der Waals surface area (Å²) in [7, 11) is 1.56. The molecule has 5 rings (SSSR count). The van der Waals surface area contributed by atoms with Crippen LogP contribution < -0.4 is 24.4 Å². The number of halogens is 2. The molecule has 2 heterocycles. The molecule has 0 unspecified atom stereocenters. The third kappa shape index (κ3) is 6.42. The molecular weight excluding hydrogens is 607 g/mol. The average Bonchev–Trinajstić information content (AvgIpc) is 3.31. The minimum absolute atomic E-state index is 0.191. The van der Waals surface area contributed by atoms with Gasteiger partial charge in [-0.05, 0) is 49.8 Å². The van der Waals surface area contributed by atoms with Crippen LogP contribution in [0, 0.1) is 0 Å². The molecule has 1 aliphatic rings. The maximum Gasteiger partial charge on any atom is 0.338 e. The predicted molar refractivity (Wildman–Crippen MR) is 170 cm³/mol. The fraction of sp³-hybridized carbons (Fsp3) is 0.242. The summed E-state index contributed by atoms with van der Waals surface area (Å²) in [4.78, 5) is 32.9. The molecule has 0 aliphatic carbocycles. The first-order valence-electron chi connectivity index (χ1n) is 13.9. The van der Waals surface area contributed by atoms with E-state index in [4.69, 9.17) is 42.4 Å². The summed E-state index contributed by atoms with van der Waals surface area (Å²) in [5.41, 5.74) is 2.73. The summed E-state index contributed by atoms with van der Waals surface area (Å²) in [5, 5.41) is 1.09. The molecular formula is C33H30Cl2N2O5S. The number of thiazole rings is 1. The molecule has 7 nitrogen and oxygen atoms in total. The molecule has 0 radical (unpaired) electrons. The van der Waals surface area contributed by atoms with E-state index in [9.17, 15) is 9.59 Å². The molecule has 43 heavy (non-hydrogen) atoms. The van der Waals surface area contributed by atoms with E-state index < -0.39 is 12.0 Å². The number of hydrogen-bond acceptors (Lipinski definition) is 7. The van der Waals surface area contributed by atoms with Gasteiger partial charge in [0.25, 0.3) is 5.56 Å². The Morgan fingerprint density at radius 3 is 2.56 bits per heavy atom. The lowest BCUT2D eigenvalue weighted by molar-refractivity contribution is -0.139. The van der Waals surface area contributed by atoms with E-state index in [0.29, 0.717) is 59.7 Å². The SMILES string of the molecule is CCCC1=C(C(=O)OCC)[C@H](c2ccccc2OC)n2c(sc(=Cc3cc(Cl)ccc3OCc3ccccc3Cl)c2=O)=N1. The molecule has 0 fully saturated rings. The van der Waals surface area contributed by atoms with Crippen molar-refractivity contribution in [1.29, 1.82) is 0 Å². The molecule has 0 saturated heterocycles. The number of benzene rings is 3.